The second kappa shape index (κ2) is 8.02. The molecule has 1 aromatic carbocycles. The molecular weight excluding hydrogens is 412 g/mol. The standard InChI is InChI=1S/C20H21F2N5O2S/c1-11(2)10-26-19(29)18-15(7-8-30-18)27-16(24-25-20(26)27)5-6-17(28)23-12-3-4-13(21)14(22)9-12/h3-4,7-9,11,20,25H,5-6,10H2,1-2H3,(H,23,28). The van der Waals surface area contributed by atoms with Crippen LogP contribution in [0.3, 0.4) is 0 Å². The van der Waals surface area contributed by atoms with E-state index in [1.807, 2.05) is 30.2 Å². The summed E-state index contributed by atoms with van der Waals surface area (Å²) in [5.41, 5.74) is 3.98. The van der Waals surface area contributed by atoms with Crippen LogP contribution in [0.5, 0.6) is 0 Å². The lowest BCUT2D eigenvalue weighted by Gasteiger charge is -2.40. The van der Waals surface area contributed by atoms with E-state index in [9.17, 15) is 18.4 Å². The Hall–Kier alpha value is -3.01. The van der Waals surface area contributed by atoms with Crippen molar-refractivity contribution in [2.24, 2.45) is 11.0 Å². The largest absolute Gasteiger partial charge is 0.326 e. The molecule has 2 N–H and O–H groups in total. The summed E-state index contributed by atoms with van der Waals surface area (Å²) < 4.78 is 26.4. The van der Waals surface area contributed by atoms with E-state index < -0.39 is 17.9 Å². The van der Waals surface area contributed by atoms with Crippen LogP contribution >= 0.6 is 11.3 Å². The fourth-order valence-corrected chi connectivity index (χ4v) is 4.37. The zero-order chi connectivity index (χ0) is 21.4. The third kappa shape index (κ3) is 3.74. The molecule has 30 heavy (non-hydrogen) atoms. The van der Waals surface area contributed by atoms with Gasteiger partial charge in [-0.2, -0.15) is 5.10 Å². The number of hydrazone groups is 1. The zero-order valence-corrected chi connectivity index (χ0v) is 17.3. The van der Waals surface area contributed by atoms with E-state index in [1.165, 1.54) is 17.4 Å². The van der Waals surface area contributed by atoms with Gasteiger partial charge >= 0.3 is 0 Å². The maximum atomic E-state index is 13.3. The molecule has 3 heterocycles. The van der Waals surface area contributed by atoms with E-state index in [0.717, 1.165) is 17.8 Å². The Balaban J connectivity index is 1.46. The van der Waals surface area contributed by atoms with Crippen molar-refractivity contribution in [3.05, 3.63) is 46.2 Å². The summed E-state index contributed by atoms with van der Waals surface area (Å²) in [5.74, 6) is -1.44. The van der Waals surface area contributed by atoms with Crippen LogP contribution in [-0.4, -0.2) is 35.4 Å². The Kier molecular flexibility index (Phi) is 5.42. The Morgan fingerprint density at radius 3 is 2.83 bits per heavy atom. The number of halogens is 2. The number of nitrogens with one attached hydrogen (secondary N) is 2. The summed E-state index contributed by atoms with van der Waals surface area (Å²) >= 11 is 1.38. The average molecular weight is 433 g/mol. The second-order valence-corrected chi connectivity index (χ2v) is 8.48. The normalized spacial score (nSPS) is 17.6. The average Bonchev–Trinajstić information content (AvgIpc) is 3.33. The first-order valence-corrected chi connectivity index (χ1v) is 10.5. The monoisotopic (exact) mass is 433 g/mol. The first-order chi connectivity index (χ1) is 14.3. The minimum atomic E-state index is -1.02. The Morgan fingerprint density at radius 1 is 1.30 bits per heavy atom. The van der Waals surface area contributed by atoms with Gasteiger partial charge in [-0.15, -0.1) is 11.3 Å². The van der Waals surface area contributed by atoms with Gasteiger partial charge in [0.25, 0.3) is 5.91 Å². The van der Waals surface area contributed by atoms with Gasteiger partial charge in [0.15, 0.2) is 11.6 Å². The topological polar surface area (TPSA) is 77.0 Å². The smallest absolute Gasteiger partial charge is 0.269 e. The molecule has 10 heteroatoms. The number of hydrogen-bond acceptors (Lipinski definition) is 6. The second-order valence-electron chi connectivity index (χ2n) is 7.56. The maximum absolute atomic E-state index is 13.3. The van der Waals surface area contributed by atoms with Crippen LogP contribution in [-0.2, 0) is 4.79 Å². The Morgan fingerprint density at radius 2 is 2.10 bits per heavy atom. The van der Waals surface area contributed by atoms with Crippen LogP contribution in [0.15, 0.2) is 34.7 Å². The number of amides is 2. The van der Waals surface area contributed by atoms with Gasteiger partial charge in [-0.3, -0.25) is 24.8 Å². The number of benzene rings is 1. The van der Waals surface area contributed by atoms with Crippen LogP contribution < -0.4 is 15.6 Å². The van der Waals surface area contributed by atoms with Crippen molar-refractivity contribution in [3.63, 3.8) is 0 Å². The van der Waals surface area contributed by atoms with E-state index >= 15 is 0 Å². The highest BCUT2D eigenvalue weighted by molar-refractivity contribution is 7.12. The van der Waals surface area contributed by atoms with Crippen molar-refractivity contribution >= 4 is 40.4 Å². The summed E-state index contributed by atoms with van der Waals surface area (Å²) in [6.45, 7) is 4.66. The first kappa shape index (κ1) is 20.3. The van der Waals surface area contributed by atoms with Crippen LogP contribution in [0, 0.1) is 17.6 Å². The molecule has 0 radical (unpaired) electrons. The highest BCUT2D eigenvalue weighted by Gasteiger charge is 2.43. The molecule has 0 aliphatic carbocycles. The van der Waals surface area contributed by atoms with Crippen molar-refractivity contribution in [2.75, 3.05) is 16.8 Å². The summed E-state index contributed by atoms with van der Waals surface area (Å²) in [6.07, 6.45) is -0.00975. The lowest BCUT2D eigenvalue weighted by atomic mass is 10.1. The molecule has 0 fully saturated rings. The SMILES string of the molecule is CC(C)CN1C(=O)c2sccc2N2C(CCC(=O)Nc3ccc(F)c(F)c3)=NNC12. The number of fused-ring (bicyclic) bond motifs is 3. The summed E-state index contributed by atoms with van der Waals surface area (Å²) in [6, 6.07) is 5.09. The molecule has 1 aromatic heterocycles. The Labute approximate surface area is 176 Å². The number of carbonyl (C=O) groups is 2. The van der Waals surface area contributed by atoms with E-state index in [4.69, 9.17) is 0 Å². The summed E-state index contributed by atoms with van der Waals surface area (Å²) in [7, 11) is 0. The van der Waals surface area contributed by atoms with E-state index in [0.29, 0.717) is 23.7 Å². The van der Waals surface area contributed by atoms with Crippen molar-refractivity contribution in [3.8, 4) is 0 Å². The van der Waals surface area contributed by atoms with Crippen LogP contribution in [0.2, 0.25) is 0 Å². The maximum Gasteiger partial charge on any atom is 0.269 e. The molecule has 1 unspecified atom stereocenters. The van der Waals surface area contributed by atoms with Gasteiger partial charge in [0.2, 0.25) is 12.2 Å². The predicted molar refractivity (Wildman–Crippen MR) is 111 cm³/mol. The van der Waals surface area contributed by atoms with Gasteiger partial charge < -0.3 is 5.32 Å². The first-order valence-electron chi connectivity index (χ1n) is 9.60. The lowest BCUT2D eigenvalue weighted by Crippen LogP contribution is -2.59. The lowest BCUT2D eigenvalue weighted by molar-refractivity contribution is -0.116. The summed E-state index contributed by atoms with van der Waals surface area (Å²) in [5, 5.41) is 8.79. The minimum absolute atomic E-state index is 0.0324. The number of nitrogens with zero attached hydrogens (tertiary/aromatic N) is 3. The van der Waals surface area contributed by atoms with Gasteiger partial charge in [0, 0.05) is 31.1 Å². The molecular formula is C20H21F2N5O2S. The van der Waals surface area contributed by atoms with E-state index in [2.05, 4.69) is 15.8 Å². The third-order valence-corrected chi connectivity index (χ3v) is 5.72. The van der Waals surface area contributed by atoms with Crippen molar-refractivity contribution < 1.29 is 18.4 Å². The fraction of sp³-hybridized carbons (Fsp3) is 0.350. The molecule has 2 amide bonds. The minimum Gasteiger partial charge on any atom is -0.326 e. The number of anilines is 2. The predicted octanol–water partition coefficient (Wildman–Crippen LogP) is 3.56. The molecule has 158 valence electrons. The van der Waals surface area contributed by atoms with Gasteiger partial charge in [0.05, 0.1) is 5.69 Å². The van der Waals surface area contributed by atoms with Crippen molar-refractivity contribution in [1.29, 1.82) is 0 Å². The molecule has 2 aromatic rings. The van der Waals surface area contributed by atoms with Crippen molar-refractivity contribution in [1.82, 2.24) is 10.3 Å². The zero-order valence-electron chi connectivity index (χ0n) is 16.5. The molecule has 2 aliphatic heterocycles. The molecule has 0 bridgehead atoms. The highest BCUT2D eigenvalue weighted by atomic mass is 32.1. The van der Waals surface area contributed by atoms with Crippen molar-refractivity contribution in [2.45, 2.75) is 33.0 Å². The van der Waals surface area contributed by atoms with E-state index in [-0.39, 0.29) is 29.8 Å². The highest BCUT2D eigenvalue weighted by Crippen LogP contribution is 2.37. The van der Waals surface area contributed by atoms with Gasteiger partial charge in [-0.25, -0.2) is 8.78 Å². The number of carbonyl (C=O) groups excluding carboxylic acids is 2. The fourth-order valence-electron chi connectivity index (χ4n) is 3.53. The molecule has 7 nitrogen and oxygen atoms in total. The molecule has 0 spiro atoms. The number of rotatable bonds is 6. The molecule has 0 saturated heterocycles. The molecule has 2 aliphatic rings. The van der Waals surface area contributed by atoms with Crippen LogP contribution in [0.25, 0.3) is 0 Å². The van der Waals surface area contributed by atoms with Gasteiger partial charge in [-0.1, -0.05) is 13.8 Å². The third-order valence-electron chi connectivity index (χ3n) is 4.83. The molecule has 4 rings (SSSR count). The van der Waals surface area contributed by atoms with Crippen LogP contribution in [0.4, 0.5) is 20.2 Å². The quantitative estimate of drug-likeness (QED) is 0.730. The van der Waals surface area contributed by atoms with Crippen LogP contribution in [0.1, 0.15) is 36.4 Å². The Bertz CT molecular complexity index is 1020. The number of amidine groups is 1. The summed E-state index contributed by atoms with van der Waals surface area (Å²) in [4.78, 5) is 29.5. The van der Waals surface area contributed by atoms with Gasteiger partial charge in [-0.05, 0) is 29.5 Å². The molecule has 1 atom stereocenters. The molecule has 0 saturated carbocycles. The number of thiophene rings is 1. The van der Waals surface area contributed by atoms with Gasteiger partial charge in [0.1, 0.15) is 10.7 Å². The van der Waals surface area contributed by atoms with E-state index in [1.54, 1.807) is 4.90 Å². The number of hydrogen-bond donors (Lipinski definition) is 2.